The van der Waals surface area contributed by atoms with Gasteiger partial charge in [0.2, 0.25) is 0 Å². The van der Waals surface area contributed by atoms with Crippen LogP contribution >= 0.6 is 11.8 Å². The van der Waals surface area contributed by atoms with E-state index in [0.29, 0.717) is 24.6 Å². The molecule has 1 saturated carbocycles. The Morgan fingerprint density at radius 1 is 1.18 bits per heavy atom. The first-order valence-corrected chi connectivity index (χ1v) is 10.4. The van der Waals surface area contributed by atoms with Gasteiger partial charge >= 0.3 is 0 Å². The van der Waals surface area contributed by atoms with E-state index in [-0.39, 0.29) is 5.25 Å². The molecule has 1 fully saturated rings. The number of nitrogens with zero attached hydrogens (tertiary/aromatic N) is 4. The van der Waals surface area contributed by atoms with E-state index >= 15 is 0 Å². The summed E-state index contributed by atoms with van der Waals surface area (Å²) in [5.74, 6) is 1.84. The minimum Gasteiger partial charge on any atom is -0.494 e. The number of ketones is 1. The molecule has 0 bridgehead atoms. The number of benzene rings is 1. The standard InChI is InChI=1S/C21H22N4O2S/c1-2-27-17-11-9-16(10-12-17)25-20(15-6-5-13-22-14-15)23-24-21(25)28-19-8-4-3-7-18(19)26/h5-6,9-14,19H,2-4,7-8H2,1H3/t19-/m1/s1. The maximum absolute atomic E-state index is 12.3. The third-order valence-electron chi connectivity index (χ3n) is 4.71. The van der Waals surface area contributed by atoms with Crippen molar-refractivity contribution in [1.82, 2.24) is 19.7 Å². The van der Waals surface area contributed by atoms with Crippen molar-refractivity contribution in [2.75, 3.05) is 6.61 Å². The Bertz CT molecular complexity index is 941. The topological polar surface area (TPSA) is 69.9 Å². The molecule has 0 unspecified atom stereocenters. The summed E-state index contributed by atoms with van der Waals surface area (Å²) < 4.78 is 7.56. The van der Waals surface area contributed by atoms with Gasteiger partial charge < -0.3 is 4.74 Å². The summed E-state index contributed by atoms with van der Waals surface area (Å²) in [5, 5.41) is 9.51. The molecule has 2 aromatic heterocycles. The molecule has 1 aliphatic rings. The summed E-state index contributed by atoms with van der Waals surface area (Å²) in [4.78, 5) is 16.5. The highest BCUT2D eigenvalue weighted by atomic mass is 32.2. The highest BCUT2D eigenvalue weighted by molar-refractivity contribution is 8.00. The molecule has 1 aromatic carbocycles. The molecule has 0 N–H and O–H groups in total. The van der Waals surface area contributed by atoms with Gasteiger partial charge in [0.15, 0.2) is 11.0 Å². The second-order valence-electron chi connectivity index (χ2n) is 6.63. The summed E-state index contributed by atoms with van der Waals surface area (Å²) in [6, 6.07) is 11.7. The van der Waals surface area contributed by atoms with Crippen LogP contribution in [0.2, 0.25) is 0 Å². The molecule has 0 amide bonds. The first-order chi connectivity index (χ1) is 13.8. The van der Waals surface area contributed by atoms with Crippen LogP contribution in [0.25, 0.3) is 17.1 Å². The summed E-state index contributed by atoms with van der Waals surface area (Å²) in [5.41, 5.74) is 1.81. The van der Waals surface area contributed by atoms with E-state index in [1.165, 1.54) is 11.8 Å². The zero-order chi connectivity index (χ0) is 19.3. The van der Waals surface area contributed by atoms with Gasteiger partial charge in [0, 0.05) is 30.1 Å². The molecule has 4 rings (SSSR count). The Morgan fingerprint density at radius 2 is 2.04 bits per heavy atom. The number of thioether (sulfide) groups is 1. The van der Waals surface area contributed by atoms with Gasteiger partial charge in [-0.05, 0) is 56.2 Å². The zero-order valence-electron chi connectivity index (χ0n) is 15.7. The van der Waals surface area contributed by atoms with E-state index in [2.05, 4.69) is 15.2 Å². The molecule has 1 aliphatic carbocycles. The largest absolute Gasteiger partial charge is 0.494 e. The minimum absolute atomic E-state index is 0.0545. The summed E-state index contributed by atoms with van der Waals surface area (Å²) in [6.45, 7) is 2.59. The number of hydrogen-bond donors (Lipinski definition) is 0. The Labute approximate surface area is 168 Å². The van der Waals surface area contributed by atoms with Gasteiger partial charge in [0.05, 0.1) is 11.9 Å². The van der Waals surface area contributed by atoms with Gasteiger partial charge in [-0.15, -0.1) is 10.2 Å². The van der Waals surface area contributed by atoms with Crippen LogP contribution in [0.1, 0.15) is 32.6 Å². The molecular formula is C21H22N4O2S. The average Bonchev–Trinajstić information content (AvgIpc) is 3.15. The van der Waals surface area contributed by atoms with E-state index < -0.39 is 0 Å². The number of carbonyl (C=O) groups is 1. The fourth-order valence-corrected chi connectivity index (χ4v) is 4.50. The molecular weight excluding hydrogens is 372 g/mol. The van der Waals surface area contributed by atoms with E-state index in [1.807, 2.05) is 47.9 Å². The van der Waals surface area contributed by atoms with E-state index in [4.69, 9.17) is 4.74 Å². The van der Waals surface area contributed by atoms with Crippen molar-refractivity contribution in [2.45, 2.75) is 43.0 Å². The number of hydrogen-bond acceptors (Lipinski definition) is 6. The average molecular weight is 394 g/mol. The Morgan fingerprint density at radius 3 is 2.75 bits per heavy atom. The van der Waals surface area contributed by atoms with Gasteiger partial charge in [0.1, 0.15) is 11.5 Å². The molecule has 0 spiro atoms. The van der Waals surface area contributed by atoms with Crippen molar-refractivity contribution in [3.8, 4) is 22.8 Å². The smallest absolute Gasteiger partial charge is 0.196 e. The van der Waals surface area contributed by atoms with Gasteiger partial charge in [-0.25, -0.2) is 0 Å². The lowest BCUT2D eigenvalue weighted by atomic mass is 9.99. The number of ether oxygens (including phenoxy) is 1. The van der Waals surface area contributed by atoms with Crippen LogP contribution < -0.4 is 4.74 Å². The fraction of sp³-hybridized carbons (Fsp3) is 0.333. The number of carbonyl (C=O) groups excluding carboxylic acids is 1. The predicted octanol–water partition coefficient (Wildman–Crippen LogP) is 4.33. The normalized spacial score (nSPS) is 16.9. The second kappa shape index (κ2) is 8.56. The number of rotatable bonds is 6. The molecule has 7 heteroatoms. The van der Waals surface area contributed by atoms with Crippen LogP contribution in [0.15, 0.2) is 53.9 Å². The van der Waals surface area contributed by atoms with Crippen LogP contribution in [0.4, 0.5) is 0 Å². The highest BCUT2D eigenvalue weighted by Gasteiger charge is 2.27. The van der Waals surface area contributed by atoms with Crippen LogP contribution in [0.3, 0.4) is 0 Å². The molecule has 0 saturated heterocycles. The monoisotopic (exact) mass is 394 g/mol. The molecule has 0 radical (unpaired) electrons. The Balaban J connectivity index is 1.74. The summed E-state index contributed by atoms with van der Waals surface area (Å²) >= 11 is 1.51. The quantitative estimate of drug-likeness (QED) is 0.620. The van der Waals surface area contributed by atoms with Crippen molar-refractivity contribution in [3.05, 3.63) is 48.8 Å². The maximum Gasteiger partial charge on any atom is 0.196 e. The Kier molecular flexibility index (Phi) is 5.71. The number of pyridine rings is 1. The lowest BCUT2D eigenvalue weighted by Gasteiger charge is -2.20. The molecule has 3 aromatic rings. The second-order valence-corrected chi connectivity index (χ2v) is 7.80. The van der Waals surface area contributed by atoms with Gasteiger partial charge in [-0.1, -0.05) is 18.2 Å². The molecule has 6 nitrogen and oxygen atoms in total. The lowest BCUT2D eigenvalue weighted by Crippen LogP contribution is -2.21. The van der Waals surface area contributed by atoms with Gasteiger partial charge in [-0.3, -0.25) is 14.3 Å². The van der Waals surface area contributed by atoms with Crippen LogP contribution in [-0.2, 0) is 4.79 Å². The third kappa shape index (κ3) is 3.94. The van der Waals surface area contributed by atoms with Crippen LogP contribution in [0.5, 0.6) is 5.75 Å². The molecule has 0 aliphatic heterocycles. The van der Waals surface area contributed by atoms with Crippen LogP contribution in [-0.4, -0.2) is 37.4 Å². The third-order valence-corrected chi connectivity index (χ3v) is 5.96. The predicted molar refractivity (Wildman–Crippen MR) is 109 cm³/mol. The molecule has 2 heterocycles. The number of Topliss-reactive ketones (excluding diaryl/α,β-unsaturated/α-hetero) is 1. The highest BCUT2D eigenvalue weighted by Crippen LogP contribution is 2.34. The first-order valence-electron chi connectivity index (χ1n) is 9.54. The van der Waals surface area contributed by atoms with Gasteiger partial charge in [0.25, 0.3) is 0 Å². The van der Waals surface area contributed by atoms with E-state index in [0.717, 1.165) is 41.4 Å². The van der Waals surface area contributed by atoms with Gasteiger partial charge in [-0.2, -0.15) is 0 Å². The molecule has 28 heavy (non-hydrogen) atoms. The lowest BCUT2D eigenvalue weighted by molar-refractivity contribution is -0.119. The number of aromatic nitrogens is 4. The van der Waals surface area contributed by atoms with Crippen molar-refractivity contribution in [3.63, 3.8) is 0 Å². The fourth-order valence-electron chi connectivity index (χ4n) is 3.32. The SMILES string of the molecule is CCOc1ccc(-n2c(S[C@@H]3CCCCC3=O)nnc2-c2cccnc2)cc1. The molecule has 144 valence electrons. The first kappa shape index (κ1) is 18.7. The summed E-state index contributed by atoms with van der Waals surface area (Å²) in [6.07, 6.45) is 7.12. The van der Waals surface area contributed by atoms with Crippen molar-refractivity contribution < 1.29 is 9.53 Å². The van der Waals surface area contributed by atoms with E-state index in [9.17, 15) is 4.79 Å². The zero-order valence-corrected chi connectivity index (χ0v) is 16.6. The Hall–Kier alpha value is -2.67. The minimum atomic E-state index is -0.0545. The van der Waals surface area contributed by atoms with Crippen molar-refractivity contribution in [2.24, 2.45) is 0 Å². The van der Waals surface area contributed by atoms with E-state index in [1.54, 1.807) is 12.4 Å². The maximum atomic E-state index is 12.3. The molecule has 1 atom stereocenters. The van der Waals surface area contributed by atoms with Crippen LogP contribution in [0, 0.1) is 0 Å². The van der Waals surface area contributed by atoms with Crippen molar-refractivity contribution in [1.29, 1.82) is 0 Å². The summed E-state index contributed by atoms with van der Waals surface area (Å²) in [7, 11) is 0. The van der Waals surface area contributed by atoms with Crippen molar-refractivity contribution >= 4 is 17.5 Å².